The first-order valence-corrected chi connectivity index (χ1v) is 10.1. The number of fused-ring (bicyclic) bond motifs is 1. The minimum absolute atomic E-state index is 0. The van der Waals surface area contributed by atoms with E-state index in [2.05, 4.69) is 47.1 Å². The van der Waals surface area contributed by atoms with E-state index in [0.717, 1.165) is 57.1 Å². The number of hydrogen-bond acceptors (Lipinski definition) is 4. The average molecular weight is 452 g/mol. The van der Waals surface area contributed by atoms with Crippen LogP contribution in [0, 0.1) is 18.3 Å². The number of benzene rings is 1. The smallest absolute Gasteiger partial charge is 0.188 e. The van der Waals surface area contributed by atoms with E-state index in [0.29, 0.717) is 12.5 Å². The van der Waals surface area contributed by atoms with Gasteiger partial charge in [0.15, 0.2) is 5.96 Å². The molecule has 30 heavy (non-hydrogen) atoms. The van der Waals surface area contributed by atoms with Gasteiger partial charge in [0, 0.05) is 32.4 Å². The SMILES string of the molecule is Cc1ccc(N2CCC(COc3ccc4c(c3)CN(C(=N)N)CC4)CC2)nc1.Cl.Cl. The van der Waals surface area contributed by atoms with Gasteiger partial charge in [0.25, 0.3) is 0 Å². The maximum Gasteiger partial charge on any atom is 0.188 e. The van der Waals surface area contributed by atoms with Crippen LogP contribution in [0.4, 0.5) is 5.82 Å². The molecule has 6 nitrogen and oxygen atoms in total. The van der Waals surface area contributed by atoms with E-state index in [9.17, 15) is 0 Å². The molecule has 3 N–H and O–H groups in total. The second-order valence-corrected chi connectivity index (χ2v) is 7.92. The minimum Gasteiger partial charge on any atom is -0.493 e. The Balaban J connectivity index is 0.00000160. The fourth-order valence-corrected chi connectivity index (χ4v) is 4.02. The van der Waals surface area contributed by atoms with Crippen molar-refractivity contribution in [1.82, 2.24) is 9.88 Å². The summed E-state index contributed by atoms with van der Waals surface area (Å²) in [6.45, 7) is 6.40. The van der Waals surface area contributed by atoms with E-state index in [-0.39, 0.29) is 30.8 Å². The minimum atomic E-state index is 0. The summed E-state index contributed by atoms with van der Waals surface area (Å²) in [6, 6.07) is 10.6. The molecule has 3 heterocycles. The number of anilines is 1. The second-order valence-electron chi connectivity index (χ2n) is 7.92. The quantitative estimate of drug-likeness (QED) is 0.545. The zero-order valence-corrected chi connectivity index (χ0v) is 19.0. The van der Waals surface area contributed by atoms with Gasteiger partial charge < -0.3 is 20.3 Å². The van der Waals surface area contributed by atoms with E-state index in [4.69, 9.17) is 15.9 Å². The van der Waals surface area contributed by atoms with Gasteiger partial charge in [-0.25, -0.2) is 4.98 Å². The Kier molecular flexibility index (Phi) is 8.62. The summed E-state index contributed by atoms with van der Waals surface area (Å²) in [5.74, 6) is 2.72. The lowest BCUT2D eigenvalue weighted by molar-refractivity contribution is 0.222. The topological polar surface area (TPSA) is 78.5 Å². The number of nitrogens with one attached hydrogen (secondary N) is 1. The van der Waals surface area contributed by atoms with Gasteiger partial charge in [0.05, 0.1) is 6.61 Å². The molecule has 0 saturated carbocycles. The third kappa shape index (κ3) is 5.70. The standard InChI is InChI=1S/C22H29N5O.2ClH/c1-16-2-5-21(25-13-16)26-9-6-17(7-10-26)15-28-20-4-3-18-8-11-27(22(23)24)14-19(18)12-20;;/h2-5,12-13,17H,6-11,14-15H2,1H3,(H3,23,24);2*1H. The number of nitrogens with zero attached hydrogens (tertiary/aromatic N) is 3. The number of halogens is 2. The molecule has 1 fully saturated rings. The van der Waals surface area contributed by atoms with Crippen LogP contribution in [0.3, 0.4) is 0 Å². The fraction of sp³-hybridized carbons (Fsp3) is 0.455. The number of ether oxygens (including phenoxy) is 1. The highest BCUT2D eigenvalue weighted by Gasteiger charge is 2.21. The Morgan fingerprint density at radius 1 is 1.13 bits per heavy atom. The van der Waals surface area contributed by atoms with Crippen molar-refractivity contribution in [2.45, 2.75) is 32.7 Å². The molecule has 2 aliphatic heterocycles. The maximum atomic E-state index is 7.65. The van der Waals surface area contributed by atoms with Crippen molar-refractivity contribution in [3.8, 4) is 5.75 Å². The molecular formula is C22H31Cl2N5O. The molecule has 1 aromatic carbocycles. The lowest BCUT2D eigenvalue weighted by atomic mass is 9.97. The van der Waals surface area contributed by atoms with Gasteiger partial charge >= 0.3 is 0 Å². The van der Waals surface area contributed by atoms with Crippen molar-refractivity contribution < 1.29 is 4.74 Å². The number of hydrogen-bond donors (Lipinski definition) is 2. The van der Waals surface area contributed by atoms with Crippen LogP contribution >= 0.6 is 24.8 Å². The molecule has 8 heteroatoms. The molecule has 164 valence electrons. The predicted molar refractivity (Wildman–Crippen MR) is 126 cm³/mol. The maximum absolute atomic E-state index is 7.65. The fourth-order valence-electron chi connectivity index (χ4n) is 4.02. The van der Waals surface area contributed by atoms with Crippen molar-refractivity contribution in [3.63, 3.8) is 0 Å². The Bertz CT molecular complexity index is 838. The molecule has 2 aliphatic rings. The molecule has 0 spiro atoms. The van der Waals surface area contributed by atoms with Crippen molar-refractivity contribution >= 4 is 36.6 Å². The zero-order valence-electron chi connectivity index (χ0n) is 17.3. The molecule has 0 amide bonds. The number of piperidine rings is 1. The highest BCUT2D eigenvalue weighted by atomic mass is 35.5. The summed E-state index contributed by atoms with van der Waals surface area (Å²) in [5.41, 5.74) is 9.40. The monoisotopic (exact) mass is 451 g/mol. The van der Waals surface area contributed by atoms with Crippen molar-refractivity contribution in [3.05, 3.63) is 53.2 Å². The van der Waals surface area contributed by atoms with Gasteiger partial charge in [0.1, 0.15) is 11.6 Å². The number of nitrogens with two attached hydrogens (primary N) is 1. The van der Waals surface area contributed by atoms with Crippen LogP contribution in [0.25, 0.3) is 0 Å². The summed E-state index contributed by atoms with van der Waals surface area (Å²) in [6.07, 6.45) is 5.12. The molecule has 1 aromatic heterocycles. The number of guanidine groups is 1. The number of pyridine rings is 1. The Hall–Kier alpha value is -2.18. The van der Waals surface area contributed by atoms with Gasteiger partial charge in [-0.3, -0.25) is 5.41 Å². The van der Waals surface area contributed by atoms with Crippen LogP contribution in [-0.4, -0.2) is 42.1 Å². The van der Waals surface area contributed by atoms with Crippen LogP contribution in [0.15, 0.2) is 36.5 Å². The lowest BCUT2D eigenvalue weighted by Gasteiger charge is -2.33. The van der Waals surface area contributed by atoms with Gasteiger partial charge in [-0.1, -0.05) is 12.1 Å². The van der Waals surface area contributed by atoms with Crippen LogP contribution in [0.1, 0.15) is 29.5 Å². The molecule has 4 rings (SSSR count). The molecule has 0 bridgehead atoms. The van der Waals surface area contributed by atoms with Crippen molar-refractivity contribution in [2.24, 2.45) is 11.7 Å². The van der Waals surface area contributed by atoms with Gasteiger partial charge in [-0.05, 0) is 67.0 Å². The van der Waals surface area contributed by atoms with E-state index in [1.165, 1.54) is 16.7 Å². The van der Waals surface area contributed by atoms with Gasteiger partial charge in [0.2, 0.25) is 0 Å². The molecule has 0 atom stereocenters. The van der Waals surface area contributed by atoms with E-state index < -0.39 is 0 Å². The molecule has 0 radical (unpaired) electrons. The first-order valence-electron chi connectivity index (χ1n) is 10.1. The zero-order chi connectivity index (χ0) is 19.5. The molecule has 0 aliphatic carbocycles. The first-order chi connectivity index (χ1) is 13.6. The highest BCUT2D eigenvalue weighted by Crippen LogP contribution is 2.26. The summed E-state index contributed by atoms with van der Waals surface area (Å²) in [7, 11) is 0. The second kappa shape index (κ2) is 10.7. The summed E-state index contributed by atoms with van der Waals surface area (Å²) < 4.78 is 6.13. The number of aryl methyl sites for hydroxylation is 1. The van der Waals surface area contributed by atoms with Crippen molar-refractivity contribution in [1.29, 1.82) is 5.41 Å². The van der Waals surface area contributed by atoms with Crippen molar-refractivity contribution in [2.75, 3.05) is 31.1 Å². The summed E-state index contributed by atoms with van der Waals surface area (Å²) >= 11 is 0. The first kappa shape index (κ1) is 24.1. The highest BCUT2D eigenvalue weighted by molar-refractivity contribution is 5.85. The Morgan fingerprint density at radius 2 is 1.90 bits per heavy atom. The van der Waals surface area contributed by atoms with Crippen LogP contribution in [0.2, 0.25) is 0 Å². The van der Waals surface area contributed by atoms with E-state index >= 15 is 0 Å². The third-order valence-electron chi connectivity index (χ3n) is 5.85. The Morgan fingerprint density at radius 3 is 2.57 bits per heavy atom. The molecule has 0 unspecified atom stereocenters. The lowest BCUT2D eigenvalue weighted by Crippen LogP contribution is -2.40. The van der Waals surface area contributed by atoms with Crippen LogP contribution in [-0.2, 0) is 13.0 Å². The summed E-state index contributed by atoms with van der Waals surface area (Å²) in [4.78, 5) is 8.82. The van der Waals surface area contributed by atoms with E-state index in [1.807, 2.05) is 11.1 Å². The van der Waals surface area contributed by atoms with Gasteiger partial charge in [-0.15, -0.1) is 24.8 Å². The number of aromatic nitrogens is 1. The normalized spacial score (nSPS) is 16.2. The number of rotatable bonds is 4. The van der Waals surface area contributed by atoms with Crippen LogP contribution < -0.4 is 15.4 Å². The average Bonchev–Trinajstić information content (AvgIpc) is 2.72. The summed E-state index contributed by atoms with van der Waals surface area (Å²) in [5, 5.41) is 7.65. The van der Waals surface area contributed by atoms with Crippen LogP contribution in [0.5, 0.6) is 5.75 Å². The van der Waals surface area contributed by atoms with E-state index in [1.54, 1.807) is 0 Å². The third-order valence-corrected chi connectivity index (χ3v) is 5.85. The molecule has 1 saturated heterocycles. The van der Waals surface area contributed by atoms with Gasteiger partial charge in [-0.2, -0.15) is 0 Å². The predicted octanol–water partition coefficient (Wildman–Crippen LogP) is 3.78. The Labute approximate surface area is 191 Å². The molecule has 2 aromatic rings. The molecular weight excluding hydrogens is 421 g/mol. The largest absolute Gasteiger partial charge is 0.493 e.